The average molecular weight is 264 g/mol. The molecule has 0 aromatic heterocycles. The molecule has 0 saturated heterocycles. The van der Waals surface area contributed by atoms with Crippen molar-refractivity contribution in [2.45, 2.75) is 0 Å². The largest absolute Gasteiger partial charge is 0.494 e. The van der Waals surface area contributed by atoms with Crippen molar-refractivity contribution in [1.29, 1.82) is 0 Å². The predicted octanol–water partition coefficient (Wildman–Crippen LogP) is 3.32. The van der Waals surface area contributed by atoms with E-state index in [0.29, 0.717) is 11.4 Å². The number of nitrogens with two attached hydrogens (primary N) is 1. The minimum atomic E-state index is -0.610. The molecule has 0 atom stereocenters. The summed E-state index contributed by atoms with van der Waals surface area (Å²) in [5, 5.41) is 0. The molecule has 0 heterocycles. The van der Waals surface area contributed by atoms with Gasteiger partial charge in [0.05, 0.1) is 12.8 Å². The van der Waals surface area contributed by atoms with Crippen LogP contribution < -0.4 is 15.4 Å². The summed E-state index contributed by atoms with van der Waals surface area (Å²) < 4.78 is 32.3. The molecule has 0 amide bonds. The average Bonchev–Trinajstić information content (AvgIpc) is 2.41. The van der Waals surface area contributed by atoms with E-state index < -0.39 is 11.6 Å². The van der Waals surface area contributed by atoms with Crippen LogP contribution in [0.1, 0.15) is 0 Å². The monoisotopic (exact) mass is 264 g/mol. The third-order valence-corrected chi connectivity index (χ3v) is 2.86. The number of ether oxygens (including phenoxy) is 1. The number of rotatable bonds is 3. The van der Waals surface area contributed by atoms with Gasteiger partial charge in [0.2, 0.25) is 0 Å². The highest BCUT2D eigenvalue weighted by molar-refractivity contribution is 5.65. The molecule has 0 saturated carbocycles. The molecule has 5 heteroatoms. The van der Waals surface area contributed by atoms with Crippen LogP contribution in [0.2, 0.25) is 0 Å². The Labute approximate surface area is 110 Å². The van der Waals surface area contributed by atoms with Crippen LogP contribution in [-0.2, 0) is 0 Å². The molecule has 2 rings (SSSR count). The molecule has 19 heavy (non-hydrogen) atoms. The minimum Gasteiger partial charge on any atom is -0.494 e. The third kappa shape index (κ3) is 2.59. The van der Waals surface area contributed by atoms with E-state index in [0.717, 1.165) is 12.1 Å². The normalized spacial score (nSPS) is 10.3. The molecule has 3 nitrogen and oxygen atoms in total. The molecule has 0 bridgehead atoms. The lowest BCUT2D eigenvalue weighted by molar-refractivity contribution is 0.383. The topological polar surface area (TPSA) is 38.5 Å². The molecule has 0 spiro atoms. The van der Waals surface area contributed by atoms with Gasteiger partial charge in [-0.2, -0.15) is 0 Å². The second-order valence-corrected chi connectivity index (χ2v) is 4.09. The van der Waals surface area contributed by atoms with Crippen molar-refractivity contribution in [1.82, 2.24) is 0 Å². The van der Waals surface area contributed by atoms with Crippen LogP contribution in [0, 0.1) is 11.6 Å². The Morgan fingerprint density at radius 3 is 2.26 bits per heavy atom. The second kappa shape index (κ2) is 5.14. The highest BCUT2D eigenvalue weighted by Gasteiger charge is 2.14. The van der Waals surface area contributed by atoms with Gasteiger partial charge >= 0.3 is 0 Å². The SMILES string of the molecule is COc1cc(F)c(N(C)c2ccc(N)cc2)cc1F. The number of hydrogen-bond acceptors (Lipinski definition) is 3. The van der Waals surface area contributed by atoms with Crippen molar-refractivity contribution in [3.8, 4) is 5.75 Å². The number of methoxy groups -OCH3 is 1. The van der Waals surface area contributed by atoms with E-state index in [2.05, 4.69) is 0 Å². The predicted molar refractivity (Wildman–Crippen MR) is 71.8 cm³/mol. The molecule has 2 N–H and O–H groups in total. The maximum Gasteiger partial charge on any atom is 0.167 e. The summed E-state index contributed by atoms with van der Waals surface area (Å²) in [5.74, 6) is -1.29. The van der Waals surface area contributed by atoms with Gasteiger partial charge in [-0.05, 0) is 24.3 Å². The quantitative estimate of drug-likeness (QED) is 0.864. The van der Waals surface area contributed by atoms with E-state index in [-0.39, 0.29) is 11.4 Å². The van der Waals surface area contributed by atoms with Gasteiger partial charge in [0.1, 0.15) is 0 Å². The zero-order valence-electron chi connectivity index (χ0n) is 10.7. The summed E-state index contributed by atoms with van der Waals surface area (Å²) in [5.41, 5.74) is 7.03. The molecule has 0 radical (unpaired) electrons. The molecule has 2 aromatic carbocycles. The van der Waals surface area contributed by atoms with E-state index in [1.54, 1.807) is 31.3 Å². The molecular weight excluding hydrogens is 250 g/mol. The first kappa shape index (κ1) is 13.1. The van der Waals surface area contributed by atoms with E-state index >= 15 is 0 Å². The molecule has 0 aliphatic carbocycles. The number of halogens is 2. The first-order valence-corrected chi connectivity index (χ1v) is 5.65. The molecule has 0 aliphatic rings. The van der Waals surface area contributed by atoms with Crippen LogP contribution >= 0.6 is 0 Å². The Hall–Kier alpha value is -2.30. The van der Waals surface area contributed by atoms with E-state index in [4.69, 9.17) is 10.5 Å². The van der Waals surface area contributed by atoms with Crippen LogP contribution in [0.5, 0.6) is 5.75 Å². The molecule has 100 valence electrons. The summed E-state index contributed by atoms with van der Waals surface area (Å²) >= 11 is 0. The summed E-state index contributed by atoms with van der Waals surface area (Å²) in [7, 11) is 2.94. The lowest BCUT2D eigenvalue weighted by atomic mass is 10.2. The van der Waals surface area contributed by atoms with Crippen molar-refractivity contribution in [3.63, 3.8) is 0 Å². The van der Waals surface area contributed by atoms with Crippen molar-refractivity contribution in [2.75, 3.05) is 24.8 Å². The number of anilines is 3. The summed E-state index contributed by atoms with van der Waals surface area (Å²) in [4.78, 5) is 1.54. The minimum absolute atomic E-state index is 0.119. The lowest BCUT2D eigenvalue weighted by Crippen LogP contribution is -2.12. The van der Waals surface area contributed by atoms with Crippen LogP contribution in [-0.4, -0.2) is 14.2 Å². The van der Waals surface area contributed by atoms with Crippen molar-refractivity contribution < 1.29 is 13.5 Å². The fourth-order valence-corrected chi connectivity index (χ4v) is 1.77. The number of hydrogen-bond donors (Lipinski definition) is 1. The van der Waals surface area contributed by atoms with E-state index in [9.17, 15) is 8.78 Å². The Kier molecular flexibility index (Phi) is 3.55. The van der Waals surface area contributed by atoms with Crippen LogP contribution in [0.4, 0.5) is 25.8 Å². The summed E-state index contributed by atoms with van der Waals surface area (Å²) in [6.07, 6.45) is 0. The Morgan fingerprint density at radius 1 is 1.05 bits per heavy atom. The summed E-state index contributed by atoms with van der Waals surface area (Å²) in [6.45, 7) is 0. The molecule has 0 unspecified atom stereocenters. The van der Waals surface area contributed by atoms with Crippen molar-refractivity contribution in [2.24, 2.45) is 0 Å². The van der Waals surface area contributed by atoms with Gasteiger partial charge in [0.15, 0.2) is 17.4 Å². The number of nitrogen functional groups attached to an aromatic ring is 1. The fourth-order valence-electron chi connectivity index (χ4n) is 1.77. The maximum atomic E-state index is 13.9. The standard InChI is InChI=1S/C14H14F2N2O/c1-18(10-5-3-9(17)4-6-10)13-7-12(16)14(19-2)8-11(13)15/h3-8H,17H2,1-2H3. The first-order valence-electron chi connectivity index (χ1n) is 5.65. The van der Waals surface area contributed by atoms with Crippen molar-refractivity contribution >= 4 is 17.1 Å². The molecular formula is C14H14F2N2O. The molecule has 0 aliphatic heterocycles. The van der Waals surface area contributed by atoms with E-state index in [1.807, 2.05) is 0 Å². The molecule has 2 aromatic rings. The van der Waals surface area contributed by atoms with Gasteiger partial charge in [-0.15, -0.1) is 0 Å². The number of benzene rings is 2. The number of nitrogens with zero attached hydrogens (tertiary/aromatic N) is 1. The second-order valence-electron chi connectivity index (χ2n) is 4.09. The molecule has 0 fully saturated rings. The van der Waals surface area contributed by atoms with Gasteiger partial charge in [-0.1, -0.05) is 0 Å². The van der Waals surface area contributed by atoms with Crippen LogP contribution in [0.15, 0.2) is 36.4 Å². The van der Waals surface area contributed by atoms with Crippen LogP contribution in [0.3, 0.4) is 0 Å². The van der Waals surface area contributed by atoms with Gasteiger partial charge in [0, 0.05) is 30.6 Å². The maximum absolute atomic E-state index is 13.9. The smallest absolute Gasteiger partial charge is 0.167 e. The summed E-state index contributed by atoms with van der Waals surface area (Å²) in [6, 6.07) is 8.99. The highest BCUT2D eigenvalue weighted by atomic mass is 19.1. The Morgan fingerprint density at radius 2 is 1.68 bits per heavy atom. The van der Waals surface area contributed by atoms with Gasteiger partial charge in [-0.25, -0.2) is 8.78 Å². The third-order valence-electron chi connectivity index (χ3n) is 2.86. The first-order chi connectivity index (χ1) is 9.02. The zero-order chi connectivity index (χ0) is 14.0. The van der Waals surface area contributed by atoms with Gasteiger partial charge in [-0.3, -0.25) is 0 Å². The van der Waals surface area contributed by atoms with Gasteiger partial charge < -0.3 is 15.4 Å². The Balaban J connectivity index is 2.41. The Bertz CT molecular complexity index is 585. The zero-order valence-corrected chi connectivity index (χ0v) is 10.7. The fraction of sp³-hybridized carbons (Fsp3) is 0.143. The van der Waals surface area contributed by atoms with Gasteiger partial charge in [0.25, 0.3) is 0 Å². The van der Waals surface area contributed by atoms with Crippen LogP contribution in [0.25, 0.3) is 0 Å². The lowest BCUT2D eigenvalue weighted by Gasteiger charge is -2.20. The van der Waals surface area contributed by atoms with Crippen molar-refractivity contribution in [3.05, 3.63) is 48.0 Å². The van der Waals surface area contributed by atoms with E-state index in [1.165, 1.54) is 12.0 Å². The highest BCUT2D eigenvalue weighted by Crippen LogP contribution is 2.31.